The third-order valence-corrected chi connectivity index (χ3v) is 2.80. The molecule has 0 radical (unpaired) electrons. The van der Waals surface area contributed by atoms with Gasteiger partial charge in [-0.25, -0.2) is 4.98 Å². The number of rotatable bonds is 3. The zero-order valence-corrected chi connectivity index (χ0v) is 10.1. The van der Waals surface area contributed by atoms with E-state index in [1.807, 2.05) is 6.92 Å². The number of pyridine rings is 1. The monoisotopic (exact) mass is 239 g/mol. The first-order valence-electron chi connectivity index (χ1n) is 6.05. The molecule has 0 bridgehead atoms. The summed E-state index contributed by atoms with van der Waals surface area (Å²) in [6.07, 6.45) is 2.66. The second-order valence-electron chi connectivity index (χ2n) is 4.01. The number of aromatic nitrogens is 1. The average molecular weight is 239 g/mol. The van der Waals surface area contributed by atoms with E-state index in [9.17, 15) is 4.39 Å². The van der Waals surface area contributed by atoms with Crippen LogP contribution >= 0.6 is 0 Å². The van der Waals surface area contributed by atoms with Crippen molar-refractivity contribution in [3.63, 3.8) is 0 Å². The van der Waals surface area contributed by atoms with Crippen LogP contribution in [0.4, 0.5) is 10.1 Å². The maximum Gasteiger partial charge on any atom is 0.255 e. The van der Waals surface area contributed by atoms with Gasteiger partial charge in [0.15, 0.2) is 5.75 Å². The van der Waals surface area contributed by atoms with Crippen LogP contribution in [-0.2, 0) is 0 Å². The molecule has 1 aliphatic heterocycles. The van der Waals surface area contributed by atoms with Crippen LogP contribution in [0.2, 0.25) is 0 Å². The highest BCUT2D eigenvalue weighted by atomic mass is 19.1. The van der Waals surface area contributed by atoms with Gasteiger partial charge in [0.25, 0.3) is 5.95 Å². The van der Waals surface area contributed by atoms with Gasteiger partial charge in [-0.05, 0) is 19.9 Å². The zero-order valence-electron chi connectivity index (χ0n) is 10.1. The molecule has 0 atom stereocenters. The molecule has 1 N–H and O–H groups in total. The molecule has 0 aromatic carbocycles. The van der Waals surface area contributed by atoms with Gasteiger partial charge in [-0.3, -0.25) is 0 Å². The molecule has 1 aromatic rings. The molecule has 0 unspecified atom stereocenters. The second kappa shape index (κ2) is 5.82. The van der Waals surface area contributed by atoms with Crippen molar-refractivity contribution in [2.75, 3.05) is 37.7 Å². The van der Waals surface area contributed by atoms with Gasteiger partial charge in [0.2, 0.25) is 0 Å². The van der Waals surface area contributed by atoms with Crippen molar-refractivity contribution in [3.05, 3.63) is 18.2 Å². The fourth-order valence-corrected chi connectivity index (χ4v) is 1.95. The summed E-state index contributed by atoms with van der Waals surface area (Å²) in [7, 11) is 0. The van der Waals surface area contributed by atoms with Crippen molar-refractivity contribution in [1.82, 2.24) is 10.3 Å². The van der Waals surface area contributed by atoms with Crippen LogP contribution in [0, 0.1) is 5.95 Å². The summed E-state index contributed by atoms with van der Waals surface area (Å²) >= 11 is 0. The molecule has 94 valence electrons. The van der Waals surface area contributed by atoms with Gasteiger partial charge in [0.1, 0.15) is 0 Å². The van der Waals surface area contributed by atoms with Gasteiger partial charge in [-0.1, -0.05) is 0 Å². The molecule has 0 amide bonds. The van der Waals surface area contributed by atoms with Crippen molar-refractivity contribution < 1.29 is 9.13 Å². The first kappa shape index (κ1) is 12.1. The van der Waals surface area contributed by atoms with Crippen LogP contribution in [-0.4, -0.2) is 37.8 Å². The number of hydrogen-bond acceptors (Lipinski definition) is 4. The summed E-state index contributed by atoms with van der Waals surface area (Å²) in [6, 6.07) is 1.73. The van der Waals surface area contributed by atoms with E-state index >= 15 is 0 Å². The minimum absolute atomic E-state index is 0.238. The predicted octanol–water partition coefficient (Wildman–Crippen LogP) is 1.42. The van der Waals surface area contributed by atoms with Crippen molar-refractivity contribution in [3.8, 4) is 5.75 Å². The number of ether oxygens (including phenoxy) is 1. The Morgan fingerprint density at radius 3 is 3.18 bits per heavy atom. The molecule has 1 aliphatic rings. The normalized spacial score (nSPS) is 16.7. The Morgan fingerprint density at radius 1 is 1.47 bits per heavy atom. The quantitative estimate of drug-likeness (QED) is 0.809. The molecular weight excluding hydrogens is 221 g/mol. The fraction of sp³-hybridized carbons (Fsp3) is 0.583. The Balaban J connectivity index is 2.16. The minimum Gasteiger partial charge on any atom is -0.489 e. The predicted molar refractivity (Wildman–Crippen MR) is 65.1 cm³/mol. The highest BCUT2D eigenvalue weighted by Gasteiger charge is 2.13. The molecular formula is C12H18FN3O. The smallest absolute Gasteiger partial charge is 0.255 e. The van der Waals surface area contributed by atoms with Gasteiger partial charge < -0.3 is 15.0 Å². The SMILES string of the molecule is CCOc1cc(N2CCCNCC2)cnc1F. The van der Waals surface area contributed by atoms with E-state index in [0.29, 0.717) is 6.61 Å². The summed E-state index contributed by atoms with van der Waals surface area (Å²) in [5.74, 6) is -0.300. The number of halogens is 1. The van der Waals surface area contributed by atoms with Crippen LogP contribution in [0.1, 0.15) is 13.3 Å². The highest BCUT2D eigenvalue weighted by molar-refractivity contribution is 5.48. The van der Waals surface area contributed by atoms with Crippen LogP contribution < -0.4 is 15.0 Å². The first-order chi connectivity index (χ1) is 8.31. The summed E-state index contributed by atoms with van der Waals surface area (Å²) in [4.78, 5) is 5.95. The maximum absolute atomic E-state index is 13.3. The largest absolute Gasteiger partial charge is 0.489 e. The van der Waals surface area contributed by atoms with E-state index in [-0.39, 0.29) is 5.75 Å². The van der Waals surface area contributed by atoms with Gasteiger partial charge in [0, 0.05) is 25.7 Å². The molecule has 1 saturated heterocycles. The molecule has 1 fully saturated rings. The van der Waals surface area contributed by atoms with E-state index in [2.05, 4.69) is 15.2 Å². The molecule has 17 heavy (non-hydrogen) atoms. The molecule has 4 nitrogen and oxygen atoms in total. The van der Waals surface area contributed by atoms with E-state index in [1.54, 1.807) is 12.3 Å². The lowest BCUT2D eigenvalue weighted by atomic mass is 10.3. The number of hydrogen-bond donors (Lipinski definition) is 1. The van der Waals surface area contributed by atoms with Crippen molar-refractivity contribution in [2.45, 2.75) is 13.3 Å². The van der Waals surface area contributed by atoms with Crippen LogP contribution in [0.25, 0.3) is 0 Å². The van der Waals surface area contributed by atoms with E-state index in [4.69, 9.17) is 4.74 Å². The third-order valence-electron chi connectivity index (χ3n) is 2.80. The maximum atomic E-state index is 13.3. The van der Waals surface area contributed by atoms with Gasteiger partial charge >= 0.3 is 0 Å². The minimum atomic E-state index is -0.538. The van der Waals surface area contributed by atoms with E-state index in [0.717, 1.165) is 38.3 Å². The van der Waals surface area contributed by atoms with Crippen molar-refractivity contribution in [2.24, 2.45) is 0 Å². The van der Waals surface area contributed by atoms with Gasteiger partial charge in [0.05, 0.1) is 18.5 Å². The lowest BCUT2D eigenvalue weighted by molar-refractivity contribution is 0.316. The summed E-state index contributed by atoms with van der Waals surface area (Å²) < 4.78 is 18.6. The molecule has 2 heterocycles. The van der Waals surface area contributed by atoms with Crippen LogP contribution in [0.15, 0.2) is 12.3 Å². The van der Waals surface area contributed by atoms with Gasteiger partial charge in [-0.15, -0.1) is 0 Å². The van der Waals surface area contributed by atoms with E-state index in [1.165, 1.54) is 0 Å². The molecule has 2 rings (SSSR count). The van der Waals surface area contributed by atoms with Crippen molar-refractivity contribution >= 4 is 5.69 Å². The molecule has 0 aliphatic carbocycles. The second-order valence-corrected chi connectivity index (χ2v) is 4.01. The summed E-state index contributed by atoms with van der Waals surface area (Å²) in [5, 5.41) is 3.33. The molecule has 0 spiro atoms. The first-order valence-corrected chi connectivity index (χ1v) is 6.05. The lowest BCUT2D eigenvalue weighted by Crippen LogP contribution is -2.28. The Bertz CT molecular complexity index is 365. The zero-order chi connectivity index (χ0) is 12.1. The summed E-state index contributed by atoms with van der Waals surface area (Å²) in [6.45, 7) is 6.14. The number of nitrogens with one attached hydrogen (secondary N) is 1. The van der Waals surface area contributed by atoms with Crippen molar-refractivity contribution in [1.29, 1.82) is 0 Å². The molecule has 0 saturated carbocycles. The number of anilines is 1. The standard InChI is InChI=1S/C12H18FN3O/c1-2-17-11-8-10(9-15-12(11)13)16-6-3-4-14-5-7-16/h8-9,14H,2-7H2,1H3. The Kier molecular flexibility index (Phi) is 4.14. The average Bonchev–Trinajstić information content (AvgIpc) is 2.61. The lowest BCUT2D eigenvalue weighted by Gasteiger charge is -2.22. The third kappa shape index (κ3) is 3.06. The van der Waals surface area contributed by atoms with Gasteiger partial charge in [-0.2, -0.15) is 4.39 Å². The summed E-state index contributed by atoms with van der Waals surface area (Å²) in [5.41, 5.74) is 0.929. The number of nitrogens with zero attached hydrogens (tertiary/aromatic N) is 2. The Hall–Kier alpha value is -1.36. The topological polar surface area (TPSA) is 37.4 Å². The Labute approximate surface area is 101 Å². The molecule has 5 heteroatoms. The fourth-order valence-electron chi connectivity index (χ4n) is 1.95. The van der Waals surface area contributed by atoms with E-state index < -0.39 is 5.95 Å². The molecule has 1 aromatic heterocycles. The van der Waals surface area contributed by atoms with Crippen LogP contribution in [0.3, 0.4) is 0 Å². The van der Waals surface area contributed by atoms with Crippen LogP contribution in [0.5, 0.6) is 5.75 Å². The Morgan fingerprint density at radius 2 is 2.35 bits per heavy atom. The highest BCUT2D eigenvalue weighted by Crippen LogP contribution is 2.23.